The Labute approximate surface area is 71.6 Å². The van der Waals surface area contributed by atoms with E-state index in [2.05, 4.69) is 4.74 Å². The van der Waals surface area contributed by atoms with Gasteiger partial charge in [0, 0.05) is 25.8 Å². The monoisotopic (exact) mass is 164 g/mol. The molecule has 0 N–H and O–H groups in total. The molecule has 3 heteroatoms. The number of nitrogens with zero attached hydrogens (tertiary/aromatic N) is 1. The maximum Gasteiger partial charge on any atom is 0.423 e. The van der Waals surface area contributed by atoms with Gasteiger partial charge >= 0.3 is 6.47 Å². The standard InChI is InChI=1S/C9H10NO2/c1-10(2)8-4-3-5-9(6-8)12-7-11/h3-6H,1-2H3. The Morgan fingerprint density at radius 1 is 1.42 bits per heavy atom. The number of ether oxygens (including phenoxy) is 1. The van der Waals surface area contributed by atoms with E-state index in [9.17, 15) is 4.79 Å². The van der Waals surface area contributed by atoms with Crippen LogP contribution in [-0.4, -0.2) is 20.6 Å². The predicted octanol–water partition coefficient (Wildman–Crippen LogP) is 1.20. The van der Waals surface area contributed by atoms with Gasteiger partial charge in [-0.15, -0.1) is 0 Å². The minimum Gasteiger partial charge on any atom is -0.418 e. The van der Waals surface area contributed by atoms with Crippen LogP contribution in [0.25, 0.3) is 0 Å². The predicted molar refractivity (Wildman–Crippen MR) is 47.1 cm³/mol. The molecule has 1 radical (unpaired) electrons. The molecule has 1 aromatic carbocycles. The van der Waals surface area contributed by atoms with Crippen molar-refractivity contribution >= 4 is 12.2 Å². The van der Waals surface area contributed by atoms with Gasteiger partial charge in [0.25, 0.3) is 0 Å². The average molecular weight is 164 g/mol. The molecule has 0 aliphatic carbocycles. The van der Waals surface area contributed by atoms with Crippen LogP contribution in [0.15, 0.2) is 24.3 Å². The molecular weight excluding hydrogens is 154 g/mol. The lowest BCUT2D eigenvalue weighted by molar-refractivity contribution is 0.443. The van der Waals surface area contributed by atoms with E-state index in [1.807, 2.05) is 31.1 Å². The molecule has 0 aliphatic heterocycles. The fraction of sp³-hybridized carbons (Fsp3) is 0.222. The third-order valence-corrected chi connectivity index (χ3v) is 1.49. The van der Waals surface area contributed by atoms with Crippen LogP contribution in [0.2, 0.25) is 0 Å². The number of benzene rings is 1. The van der Waals surface area contributed by atoms with Gasteiger partial charge in [0.2, 0.25) is 0 Å². The van der Waals surface area contributed by atoms with Crippen molar-refractivity contribution < 1.29 is 9.53 Å². The maximum atomic E-state index is 9.89. The third kappa shape index (κ3) is 1.99. The van der Waals surface area contributed by atoms with Crippen LogP contribution in [0.3, 0.4) is 0 Å². The number of rotatable bonds is 3. The van der Waals surface area contributed by atoms with E-state index in [-0.39, 0.29) is 0 Å². The first-order valence-electron chi connectivity index (χ1n) is 3.55. The minimum atomic E-state index is 0.510. The lowest BCUT2D eigenvalue weighted by Crippen LogP contribution is -2.08. The highest BCUT2D eigenvalue weighted by atomic mass is 16.5. The molecule has 12 heavy (non-hydrogen) atoms. The van der Waals surface area contributed by atoms with Gasteiger partial charge in [-0.05, 0) is 12.1 Å². The third-order valence-electron chi connectivity index (χ3n) is 1.49. The Morgan fingerprint density at radius 3 is 2.75 bits per heavy atom. The van der Waals surface area contributed by atoms with Crippen molar-refractivity contribution in [3.63, 3.8) is 0 Å². The largest absolute Gasteiger partial charge is 0.423 e. The quantitative estimate of drug-likeness (QED) is 0.672. The summed E-state index contributed by atoms with van der Waals surface area (Å²) in [6.45, 7) is 1.38. The van der Waals surface area contributed by atoms with E-state index in [1.165, 1.54) is 6.47 Å². The summed E-state index contributed by atoms with van der Waals surface area (Å²) < 4.78 is 4.56. The molecule has 0 spiro atoms. The average Bonchev–Trinajstić information content (AvgIpc) is 2.05. The Morgan fingerprint density at radius 2 is 2.17 bits per heavy atom. The molecular formula is C9H10NO2. The second-order valence-corrected chi connectivity index (χ2v) is 2.58. The lowest BCUT2D eigenvalue weighted by Gasteiger charge is -2.12. The molecule has 1 rings (SSSR count). The topological polar surface area (TPSA) is 29.5 Å². The molecule has 0 unspecified atom stereocenters. The Bertz CT molecular complexity index is 271. The van der Waals surface area contributed by atoms with Crippen molar-refractivity contribution in [2.75, 3.05) is 19.0 Å². The summed E-state index contributed by atoms with van der Waals surface area (Å²) in [6, 6.07) is 7.22. The lowest BCUT2D eigenvalue weighted by atomic mass is 10.3. The van der Waals surface area contributed by atoms with Crippen LogP contribution in [-0.2, 0) is 4.79 Å². The van der Waals surface area contributed by atoms with Crippen molar-refractivity contribution in [3.05, 3.63) is 24.3 Å². The van der Waals surface area contributed by atoms with Gasteiger partial charge in [-0.3, -0.25) is 0 Å². The van der Waals surface area contributed by atoms with Gasteiger partial charge in [-0.1, -0.05) is 6.07 Å². The SMILES string of the molecule is CN(C)c1cccc(O[C]=O)c1. The van der Waals surface area contributed by atoms with Crippen LogP contribution in [0.5, 0.6) is 5.75 Å². The second-order valence-electron chi connectivity index (χ2n) is 2.58. The summed E-state index contributed by atoms with van der Waals surface area (Å²) in [5, 5.41) is 0. The van der Waals surface area contributed by atoms with E-state index < -0.39 is 0 Å². The van der Waals surface area contributed by atoms with Crippen LogP contribution in [0, 0.1) is 0 Å². The van der Waals surface area contributed by atoms with Crippen molar-refractivity contribution in [2.45, 2.75) is 0 Å². The zero-order valence-electron chi connectivity index (χ0n) is 7.07. The van der Waals surface area contributed by atoms with Gasteiger partial charge < -0.3 is 9.64 Å². The van der Waals surface area contributed by atoms with E-state index in [0.29, 0.717) is 5.75 Å². The fourth-order valence-corrected chi connectivity index (χ4v) is 0.873. The molecule has 0 aliphatic rings. The highest BCUT2D eigenvalue weighted by Gasteiger charge is 1.97. The summed E-state index contributed by atoms with van der Waals surface area (Å²) in [5.74, 6) is 0.510. The van der Waals surface area contributed by atoms with Crippen LogP contribution < -0.4 is 9.64 Å². The Balaban J connectivity index is 2.87. The maximum absolute atomic E-state index is 9.89. The van der Waals surface area contributed by atoms with Crippen molar-refractivity contribution in [3.8, 4) is 5.75 Å². The molecule has 1 aromatic rings. The number of hydrogen-bond acceptors (Lipinski definition) is 3. The summed E-state index contributed by atoms with van der Waals surface area (Å²) in [7, 11) is 3.84. The summed E-state index contributed by atoms with van der Waals surface area (Å²) in [6.07, 6.45) is 0. The number of carbonyl (C=O) groups excluding carboxylic acids is 1. The number of anilines is 1. The van der Waals surface area contributed by atoms with Crippen molar-refractivity contribution in [2.24, 2.45) is 0 Å². The summed E-state index contributed by atoms with van der Waals surface area (Å²) in [5.41, 5.74) is 0.989. The molecule has 0 amide bonds. The first-order chi connectivity index (χ1) is 5.74. The molecule has 0 heterocycles. The van der Waals surface area contributed by atoms with Crippen LogP contribution in [0.4, 0.5) is 5.69 Å². The van der Waals surface area contributed by atoms with Crippen LogP contribution >= 0.6 is 0 Å². The van der Waals surface area contributed by atoms with E-state index in [1.54, 1.807) is 12.1 Å². The second kappa shape index (κ2) is 3.76. The molecule has 0 fully saturated rings. The van der Waals surface area contributed by atoms with E-state index in [0.717, 1.165) is 5.69 Å². The first kappa shape index (κ1) is 8.59. The van der Waals surface area contributed by atoms with Gasteiger partial charge in [0.1, 0.15) is 5.75 Å². The highest BCUT2D eigenvalue weighted by molar-refractivity contribution is 5.53. The van der Waals surface area contributed by atoms with Crippen molar-refractivity contribution in [1.82, 2.24) is 0 Å². The fourth-order valence-electron chi connectivity index (χ4n) is 0.873. The van der Waals surface area contributed by atoms with Gasteiger partial charge in [0.15, 0.2) is 0 Å². The zero-order chi connectivity index (χ0) is 8.97. The minimum absolute atomic E-state index is 0.510. The van der Waals surface area contributed by atoms with E-state index >= 15 is 0 Å². The molecule has 0 aromatic heterocycles. The van der Waals surface area contributed by atoms with Gasteiger partial charge in [-0.2, -0.15) is 0 Å². The zero-order valence-corrected chi connectivity index (χ0v) is 7.07. The van der Waals surface area contributed by atoms with Gasteiger partial charge in [0.05, 0.1) is 0 Å². The molecule has 0 bridgehead atoms. The molecule has 0 atom stereocenters. The summed E-state index contributed by atoms with van der Waals surface area (Å²) in [4.78, 5) is 11.8. The van der Waals surface area contributed by atoms with E-state index in [4.69, 9.17) is 0 Å². The molecule has 3 nitrogen and oxygen atoms in total. The first-order valence-corrected chi connectivity index (χ1v) is 3.55. The molecule has 0 saturated carbocycles. The van der Waals surface area contributed by atoms with Gasteiger partial charge in [-0.25, -0.2) is 4.79 Å². The van der Waals surface area contributed by atoms with Crippen LogP contribution in [0.1, 0.15) is 0 Å². The normalized spacial score (nSPS) is 9.17. The molecule has 63 valence electrons. The molecule has 0 saturated heterocycles. The highest BCUT2D eigenvalue weighted by Crippen LogP contribution is 2.18. The smallest absolute Gasteiger partial charge is 0.418 e. The Hall–Kier alpha value is -1.51. The number of hydrogen-bond donors (Lipinski definition) is 0. The van der Waals surface area contributed by atoms with Crippen molar-refractivity contribution in [1.29, 1.82) is 0 Å². The Kier molecular flexibility index (Phi) is 2.69. The summed E-state index contributed by atoms with van der Waals surface area (Å²) >= 11 is 0.